The molecule has 0 aliphatic rings. The third kappa shape index (κ3) is 4.93. The molecular formula is C23H28IN3O. The zero-order valence-corrected chi connectivity index (χ0v) is 19.0. The first-order valence-electron chi connectivity index (χ1n) is 9.98. The summed E-state index contributed by atoms with van der Waals surface area (Å²) in [4.78, 5) is 20.1. The molecule has 148 valence electrons. The highest BCUT2D eigenvalue weighted by atomic mass is 127. The van der Waals surface area contributed by atoms with Crippen LogP contribution in [-0.2, 0) is 13.1 Å². The van der Waals surface area contributed by atoms with E-state index in [1.807, 2.05) is 35.2 Å². The third-order valence-electron chi connectivity index (χ3n) is 4.75. The number of imidazole rings is 1. The summed E-state index contributed by atoms with van der Waals surface area (Å²) in [7, 11) is 0. The van der Waals surface area contributed by atoms with Gasteiger partial charge in [-0.15, -0.1) is 0 Å². The van der Waals surface area contributed by atoms with E-state index in [9.17, 15) is 4.79 Å². The van der Waals surface area contributed by atoms with E-state index in [0.717, 1.165) is 45.4 Å². The quantitative estimate of drug-likeness (QED) is 0.379. The molecule has 1 amide bonds. The number of unbranched alkanes of at least 4 members (excludes halogenated alkanes) is 1. The Morgan fingerprint density at radius 3 is 2.68 bits per heavy atom. The van der Waals surface area contributed by atoms with Crippen molar-refractivity contribution >= 4 is 39.5 Å². The van der Waals surface area contributed by atoms with E-state index in [0.29, 0.717) is 19.0 Å². The fourth-order valence-corrected chi connectivity index (χ4v) is 3.99. The highest BCUT2D eigenvalue weighted by Gasteiger charge is 2.21. The lowest BCUT2D eigenvalue weighted by atomic mass is 10.1. The van der Waals surface area contributed by atoms with Crippen molar-refractivity contribution in [2.75, 3.05) is 6.54 Å². The summed E-state index contributed by atoms with van der Waals surface area (Å²) in [5.74, 6) is 1.43. The molecule has 4 nitrogen and oxygen atoms in total. The Morgan fingerprint density at radius 2 is 1.96 bits per heavy atom. The van der Waals surface area contributed by atoms with Crippen LogP contribution >= 0.6 is 22.6 Å². The molecule has 0 atom stereocenters. The Bertz CT molecular complexity index is 948. The van der Waals surface area contributed by atoms with Crippen molar-refractivity contribution in [2.45, 2.75) is 46.7 Å². The van der Waals surface area contributed by atoms with Gasteiger partial charge in [-0.25, -0.2) is 4.98 Å². The number of rotatable bonds is 8. The average molecular weight is 489 g/mol. The zero-order chi connectivity index (χ0) is 20.1. The van der Waals surface area contributed by atoms with Gasteiger partial charge in [0.2, 0.25) is 0 Å². The molecule has 28 heavy (non-hydrogen) atoms. The number of aromatic nitrogens is 2. The Hall–Kier alpha value is -1.89. The second-order valence-corrected chi connectivity index (χ2v) is 8.86. The number of hydrogen-bond acceptors (Lipinski definition) is 2. The lowest BCUT2D eigenvalue weighted by Crippen LogP contribution is -2.34. The number of benzene rings is 2. The van der Waals surface area contributed by atoms with Gasteiger partial charge in [0.1, 0.15) is 5.82 Å². The number of halogens is 1. The maximum absolute atomic E-state index is 13.3. The molecule has 0 N–H and O–H groups in total. The molecule has 0 radical (unpaired) electrons. The summed E-state index contributed by atoms with van der Waals surface area (Å²) in [6, 6.07) is 16.1. The molecule has 2 aromatic carbocycles. The number of hydrogen-bond donors (Lipinski definition) is 0. The first-order chi connectivity index (χ1) is 13.5. The predicted octanol–water partition coefficient (Wildman–Crippen LogP) is 5.74. The first kappa shape index (κ1) is 20.8. The first-order valence-corrected chi connectivity index (χ1v) is 11.1. The van der Waals surface area contributed by atoms with E-state index in [1.54, 1.807) is 0 Å². The Labute approximate surface area is 181 Å². The number of nitrogens with zero attached hydrogens (tertiary/aromatic N) is 3. The van der Waals surface area contributed by atoms with Gasteiger partial charge in [-0.05, 0) is 65.3 Å². The number of aryl methyl sites for hydroxylation is 1. The molecule has 3 aromatic rings. The third-order valence-corrected chi connectivity index (χ3v) is 5.42. The van der Waals surface area contributed by atoms with Crippen LogP contribution in [0.25, 0.3) is 11.0 Å². The molecule has 0 aliphatic heterocycles. The molecule has 1 heterocycles. The van der Waals surface area contributed by atoms with Gasteiger partial charge in [0, 0.05) is 22.2 Å². The van der Waals surface area contributed by atoms with Crippen molar-refractivity contribution in [3.63, 3.8) is 0 Å². The monoisotopic (exact) mass is 489 g/mol. The largest absolute Gasteiger partial charge is 0.331 e. The summed E-state index contributed by atoms with van der Waals surface area (Å²) < 4.78 is 3.36. The molecule has 0 spiro atoms. The van der Waals surface area contributed by atoms with E-state index < -0.39 is 0 Å². The summed E-state index contributed by atoms with van der Waals surface area (Å²) in [6.07, 6.45) is 2.23. The second-order valence-electron chi connectivity index (χ2n) is 7.61. The van der Waals surface area contributed by atoms with Crippen LogP contribution in [0.1, 0.15) is 49.8 Å². The Kier molecular flexibility index (Phi) is 7.10. The maximum Gasteiger partial charge on any atom is 0.254 e. The van der Waals surface area contributed by atoms with Gasteiger partial charge in [-0.1, -0.05) is 45.4 Å². The zero-order valence-electron chi connectivity index (χ0n) is 16.9. The van der Waals surface area contributed by atoms with Crippen LogP contribution in [0.15, 0.2) is 48.5 Å². The van der Waals surface area contributed by atoms with Crippen molar-refractivity contribution in [3.8, 4) is 0 Å². The Balaban J connectivity index is 1.95. The van der Waals surface area contributed by atoms with Crippen LogP contribution in [0.2, 0.25) is 0 Å². The topological polar surface area (TPSA) is 38.1 Å². The number of para-hydroxylation sites is 2. The molecule has 0 bridgehead atoms. The minimum absolute atomic E-state index is 0.0707. The fourth-order valence-electron chi connectivity index (χ4n) is 3.45. The SMILES string of the molecule is CCCCn1c(CN(CC(C)C)C(=O)c2cccc(I)c2)nc2ccccc21. The normalized spacial score (nSPS) is 11.3. The second kappa shape index (κ2) is 9.54. The fraction of sp³-hybridized carbons (Fsp3) is 0.391. The number of fused-ring (bicyclic) bond motifs is 1. The van der Waals surface area contributed by atoms with Crippen molar-refractivity contribution in [2.24, 2.45) is 5.92 Å². The van der Waals surface area contributed by atoms with Crippen LogP contribution in [0, 0.1) is 9.49 Å². The smallest absolute Gasteiger partial charge is 0.254 e. The standard InChI is InChI=1S/C23H28IN3O/c1-4-5-13-27-21-12-7-6-11-20(21)25-22(27)16-26(15-17(2)3)23(28)18-9-8-10-19(24)14-18/h6-12,14,17H,4-5,13,15-16H2,1-3H3. The van der Waals surface area contributed by atoms with Gasteiger partial charge in [0.05, 0.1) is 17.6 Å². The summed E-state index contributed by atoms with van der Waals surface area (Å²) in [5.41, 5.74) is 2.89. The molecule has 0 aliphatic carbocycles. The molecule has 5 heteroatoms. The highest BCUT2D eigenvalue weighted by molar-refractivity contribution is 14.1. The average Bonchev–Trinajstić information content (AvgIpc) is 3.02. The summed E-state index contributed by atoms with van der Waals surface area (Å²) in [6.45, 7) is 8.66. The van der Waals surface area contributed by atoms with E-state index in [2.05, 4.69) is 66.1 Å². The van der Waals surface area contributed by atoms with Crippen LogP contribution in [-0.4, -0.2) is 26.9 Å². The van der Waals surface area contributed by atoms with Crippen molar-refractivity contribution in [3.05, 3.63) is 63.5 Å². The Morgan fingerprint density at radius 1 is 1.18 bits per heavy atom. The lowest BCUT2D eigenvalue weighted by molar-refractivity contribution is 0.0716. The maximum atomic E-state index is 13.3. The van der Waals surface area contributed by atoms with E-state index in [-0.39, 0.29) is 5.91 Å². The van der Waals surface area contributed by atoms with Gasteiger partial charge < -0.3 is 9.47 Å². The number of carbonyl (C=O) groups excluding carboxylic acids is 1. The van der Waals surface area contributed by atoms with Gasteiger partial charge >= 0.3 is 0 Å². The van der Waals surface area contributed by atoms with Gasteiger partial charge in [-0.2, -0.15) is 0 Å². The van der Waals surface area contributed by atoms with Crippen molar-refractivity contribution in [1.29, 1.82) is 0 Å². The predicted molar refractivity (Wildman–Crippen MR) is 123 cm³/mol. The molecule has 1 aromatic heterocycles. The molecule has 0 unspecified atom stereocenters. The summed E-state index contributed by atoms with van der Waals surface area (Å²) in [5, 5.41) is 0. The number of carbonyl (C=O) groups is 1. The molecule has 0 fully saturated rings. The molecule has 3 rings (SSSR count). The van der Waals surface area contributed by atoms with E-state index in [4.69, 9.17) is 4.98 Å². The van der Waals surface area contributed by atoms with Crippen LogP contribution in [0.4, 0.5) is 0 Å². The highest BCUT2D eigenvalue weighted by Crippen LogP contribution is 2.20. The summed E-state index contributed by atoms with van der Waals surface area (Å²) >= 11 is 2.25. The molecule has 0 saturated carbocycles. The lowest BCUT2D eigenvalue weighted by Gasteiger charge is -2.25. The van der Waals surface area contributed by atoms with Crippen molar-refractivity contribution in [1.82, 2.24) is 14.5 Å². The number of amides is 1. The molecular weight excluding hydrogens is 461 g/mol. The van der Waals surface area contributed by atoms with Gasteiger partial charge in [0.25, 0.3) is 5.91 Å². The van der Waals surface area contributed by atoms with Crippen LogP contribution < -0.4 is 0 Å². The van der Waals surface area contributed by atoms with Crippen LogP contribution in [0.5, 0.6) is 0 Å². The minimum atomic E-state index is 0.0707. The molecule has 0 saturated heterocycles. The minimum Gasteiger partial charge on any atom is -0.331 e. The van der Waals surface area contributed by atoms with Crippen molar-refractivity contribution < 1.29 is 4.79 Å². The van der Waals surface area contributed by atoms with Gasteiger partial charge in [0.15, 0.2) is 0 Å². The van der Waals surface area contributed by atoms with E-state index >= 15 is 0 Å². The van der Waals surface area contributed by atoms with Crippen LogP contribution in [0.3, 0.4) is 0 Å². The van der Waals surface area contributed by atoms with Gasteiger partial charge in [-0.3, -0.25) is 4.79 Å². The van der Waals surface area contributed by atoms with E-state index in [1.165, 1.54) is 0 Å².